The Balaban J connectivity index is 1.73. The van der Waals surface area contributed by atoms with Crippen LogP contribution in [0.1, 0.15) is 25.8 Å². The molecule has 1 aliphatic rings. The zero-order chi connectivity index (χ0) is 13.0. The molecule has 1 aromatic rings. The van der Waals surface area contributed by atoms with Gasteiger partial charge in [-0.25, -0.2) is 4.79 Å². The lowest BCUT2D eigenvalue weighted by molar-refractivity contribution is 0.0358. The number of amides is 2. The maximum absolute atomic E-state index is 11.7. The predicted octanol–water partition coefficient (Wildman–Crippen LogP) is 2.05. The minimum Gasteiger partial charge on any atom is -0.373 e. The normalized spacial score (nSPS) is 21.6. The van der Waals surface area contributed by atoms with Gasteiger partial charge < -0.3 is 15.4 Å². The lowest BCUT2D eigenvalue weighted by Crippen LogP contribution is -2.42. The third-order valence-corrected chi connectivity index (χ3v) is 3.04. The average Bonchev–Trinajstić information content (AvgIpc) is 2.67. The van der Waals surface area contributed by atoms with Crippen LogP contribution in [0.4, 0.5) is 4.79 Å². The topological polar surface area (TPSA) is 50.4 Å². The van der Waals surface area contributed by atoms with Crippen molar-refractivity contribution in [1.82, 2.24) is 10.6 Å². The Morgan fingerprint density at radius 1 is 1.39 bits per heavy atom. The van der Waals surface area contributed by atoms with Gasteiger partial charge in [-0.05, 0) is 25.8 Å². The van der Waals surface area contributed by atoms with Gasteiger partial charge in [-0.1, -0.05) is 30.3 Å². The van der Waals surface area contributed by atoms with Crippen LogP contribution in [0, 0.1) is 0 Å². The van der Waals surface area contributed by atoms with E-state index in [1.165, 1.54) is 0 Å². The minimum absolute atomic E-state index is 0.107. The van der Waals surface area contributed by atoms with Crippen molar-refractivity contribution in [3.05, 3.63) is 35.9 Å². The summed E-state index contributed by atoms with van der Waals surface area (Å²) in [6, 6.07) is 9.83. The fourth-order valence-corrected chi connectivity index (χ4v) is 2.14. The number of carbonyl (C=O) groups excluding carboxylic acids is 1. The lowest BCUT2D eigenvalue weighted by atomic mass is 10.0. The van der Waals surface area contributed by atoms with Crippen molar-refractivity contribution in [3.63, 3.8) is 0 Å². The fourth-order valence-electron chi connectivity index (χ4n) is 2.14. The molecule has 1 aromatic carbocycles. The summed E-state index contributed by atoms with van der Waals surface area (Å²) in [5.41, 5.74) is 0.966. The zero-order valence-corrected chi connectivity index (χ0v) is 10.9. The van der Waals surface area contributed by atoms with Crippen molar-refractivity contribution in [2.24, 2.45) is 0 Å². The SMILES string of the molecule is CC1(C)CC(NC(=O)NCc2ccccc2)CO1. The van der Waals surface area contributed by atoms with Crippen LogP contribution < -0.4 is 10.6 Å². The number of rotatable bonds is 3. The molecule has 2 amide bonds. The highest BCUT2D eigenvalue weighted by atomic mass is 16.5. The first-order valence-electron chi connectivity index (χ1n) is 6.27. The Labute approximate surface area is 108 Å². The second-order valence-corrected chi connectivity index (χ2v) is 5.28. The van der Waals surface area contributed by atoms with Crippen LogP contribution in [-0.2, 0) is 11.3 Å². The van der Waals surface area contributed by atoms with E-state index in [2.05, 4.69) is 10.6 Å². The minimum atomic E-state index is -0.134. The molecular weight excluding hydrogens is 228 g/mol. The molecule has 2 N–H and O–H groups in total. The van der Waals surface area contributed by atoms with E-state index in [0.717, 1.165) is 12.0 Å². The molecule has 0 spiro atoms. The zero-order valence-electron chi connectivity index (χ0n) is 10.9. The van der Waals surface area contributed by atoms with Gasteiger partial charge in [0.05, 0.1) is 18.2 Å². The van der Waals surface area contributed by atoms with Crippen LogP contribution >= 0.6 is 0 Å². The van der Waals surface area contributed by atoms with E-state index in [1.807, 2.05) is 44.2 Å². The maximum atomic E-state index is 11.7. The highest BCUT2D eigenvalue weighted by Crippen LogP contribution is 2.24. The summed E-state index contributed by atoms with van der Waals surface area (Å²) in [4.78, 5) is 11.7. The Hall–Kier alpha value is -1.55. The molecular formula is C14H20N2O2. The van der Waals surface area contributed by atoms with E-state index in [0.29, 0.717) is 13.2 Å². The number of benzene rings is 1. The third-order valence-electron chi connectivity index (χ3n) is 3.04. The first-order chi connectivity index (χ1) is 8.55. The molecule has 2 rings (SSSR count). The number of nitrogens with one attached hydrogen (secondary N) is 2. The summed E-state index contributed by atoms with van der Waals surface area (Å²) in [7, 11) is 0. The molecule has 1 atom stereocenters. The largest absolute Gasteiger partial charge is 0.373 e. The Kier molecular flexibility index (Phi) is 3.87. The van der Waals surface area contributed by atoms with Crippen LogP contribution in [-0.4, -0.2) is 24.3 Å². The van der Waals surface area contributed by atoms with Gasteiger partial charge in [0.25, 0.3) is 0 Å². The number of hydrogen-bond donors (Lipinski definition) is 2. The summed E-state index contributed by atoms with van der Waals surface area (Å²) in [6.45, 7) is 5.21. The molecule has 1 aliphatic heterocycles. The number of ether oxygens (including phenoxy) is 1. The highest BCUT2D eigenvalue weighted by molar-refractivity contribution is 5.74. The van der Waals surface area contributed by atoms with Crippen molar-refractivity contribution >= 4 is 6.03 Å². The van der Waals surface area contributed by atoms with Gasteiger partial charge in [0.15, 0.2) is 0 Å². The van der Waals surface area contributed by atoms with E-state index in [1.54, 1.807) is 0 Å². The van der Waals surface area contributed by atoms with Gasteiger partial charge in [0, 0.05) is 6.54 Å². The van der Waals surface area contributed by atoms with E-state index in [-0.39, 0.29) is 17.7 Å². The number of carbonyl (C=O) groups is 1. The van der Waals surface area contributed by atoms with Crippen LogP contribution in [0.25, 0.3) is 0 Å². The van der Waals surface area contributed by atoms with Gasteiger partial charge in [0.1, 0.15) is 0 Å². The van der Waals surface area contributed by atoms with Crippen LogP contribution in [0.5, 0.6) is 0 Å². The van der Waals surface area contributed by atoms with E-state index >= 15 is 0 Å². The average molecular weight is 248 g/mol. The van der Waals surface area contributed by atoms with Crippen LogP contribution in [0.3, 0.4) is 0 Å². The van der Waals surface area contributed by atoms with Crippen molar-refractivity contribution in [3.8, 4) is 0 Å². The molecule has 4 heteroatoms. The molecule has 1 heterocycles. The summed E-state index contributed by atoms with van der Waals surface area (Å²) >= 11 is 0. The molecule has 4 nitrogen and oxygen atoms in total. The summed E-state index contributed by atoms with van der Waals surface area (Å²) < 4.78 is 5.57. The second kappa shape index (κ2) is 5.40. The summed E-state index contributed by atoms with van der Waals surface area (Å²) in [6.07, 6.45) is 0.853. The van der Waals surface area contributed by atoms with E-state index in [9.17, 15) is 4.79 Å². The number of hydrogen-bond acceptors (Lipinski definition) is 2. The molecule has 0 bridgehead atoms. The van der Waals surface area contributed by atoms with Crippen molar-refractivity contribution in [2.75, 3.05) is 6.61 Å². The fraction of sp³-hybridized carbons (Fsp3) is 0.500. The van der Waals surface area contributed by atoms with E-state index < -0.39 is 0 Å². The Morgan fingerprint density at radius 3 is 2.72 bits per heavy atom. The standard InChI is InChI=1S/C14H20N2O2/c1-14(2)8-12(10-18-14)16-13(17)15-9-11-6-4-3-5-7-11/h3-7,12H,8-10H2,1-2H3,(H2,15,16,17). The highest BCUT2D eigenvalue weighted by Gasteiger charge is 2.32. The molecule has 1 fully saturated rings. The molecule has 0 aliphatic carbocycles. The molecule has 0 aromatic heterocycles. The van der Waals surface area contributed by atoms with Gasteiger partial charge in [-0.3, -0.25) is 0 Å². The molecule has 0 radical (unpaired) electrons. The van der Waals surface area contributed by atoms with Crippen LogP contribution in [0.2, 0.25) is 0 Å². The second-order valence-electron chi connectivity index (χ2n) is 5.28. The summed E-state index contributed by atoms with van der Waals surface area (Å²) in [5, 5.41) is 5.78. The van der Waals surface area contributed by atoms with Gasteiger partial charge in [-0.15, -0.1) is 0 Å². The first kappa shape index (κ1) is 12.9. The molecule has 18 heavy (non-hydrogen) atoms. The quantitative estimate of drug-likeness (QED) is 0.860. The third kappa shape index (κ3) is 3.74. The van der Waals surface area contributed by atoms with Crippen molar-refractivity contribution < 1.29 is 9.53 Å². The predicted molar refractivity (Wildman–Crippen MR) is 70.2 cm³/mol. The monoisotopic (exact) mass is 248 g/mol. The van der Waals surface area contributed by atoms with Gasteiger partial charge in [0.2, 0.25) is 0 Å². The molecule has 1 saturated heterocycles. The van der Waals surface area contributed by atoms with Gasteiger partial charge in [-0.2, -0.15) is 0 Å². The molecule has 98 valence electrons. The molecule has 1 unspecified atom stereocenters. The lowest BCUT2D eigenvalue weighted by Gasteiger charge is -2.16. The Morgan fingerprint density at radius 2 is 2.11 bits per heavy atom. The molecule has 0 saturated carbocycles. The van der Waals surface area contributed by atoms with E-state index in [4.69, 9.17) is 4.74 Å². The smallest absolute Gasteiger partial charge is 0.315 e. The van der Waals surface area contributed by atoms with Crippen molar-refractivity contribution in [1.29, 1.82) is 0 Å². The summed E-state index contributed by atoms with van der Waals surface area (Å²) in [5.74, 6) is 0. The number of urea groups is 1. The van der Waals surface area contributed by atoms with Crippen LogP contribution in [0.15, 0.2) is 30.3 Å². The Bertz CT molecular complexity index is 404. The first-order valence-corrected chi connectivity index (χ1v) is 6.27. The van der Waals surface area contributed by atoms with Crippen molar-refractivity contribution in [2.45, 2.75) is 38.5 Å². The van der Waals surface area contributed by atoms with Gasteiger partial charge >= 0.3 is 6.03 Å². The maximum Gasteiger partial charge on any atom is 0.315 e.